The maximum atomic E-state index is 13.3. The minimum absolute atomic E-state index is 0.0125. The molecule has 4 rings (SSSR count). The number of aliphatic hydroxyl groups is 1. The van der Waals surface area contributed by atoms with Crippen molar-refractivity contribution in [3.8, 4) is 17.6 Å². The number of hydrogen-bond acceptors (Lipinski definition) is 6. The van der Waals surface area contributed by atoms with Gasteiger partial charge in [-0.2, -0.15) is 5.26 Å². The molecule has 0 spiro atoms. The van der Waals surface area contributed by atoms with E-state index in [9.17, 15) is 14.7 Å². The summed E-state index contributed by atoms with van der Waals surface area (Å²) in [5, 5.41) is 20.5. The van der Waals surface area contributed by atoms with Crippen LogP contribution in [0.4, 0.5) is 5.69 Å². The van der Waals surface area contributed by atoms with E-state index in [-0.39, 0.29) is 17.4 Å². The molecule has 3 aromatic rings. The first kappa shape index (κ1) is 25.5. The molecule has 0 bridgehead atoms. The van der Waals surface area contributed by atoms with Gasteiger partial charge in [-0.15, -0.1) is 0 Å². The third-order valence-corrected chi connectivity index (χ3v) is 5.89. The van der Waals surface area contributed by atoms with Crippen LogP contribution in [0, 0.1) is 11.3 Å². The topological polar surface area (TPSA) is 99.9 Å². The highest BCUT2D eigenvalue weighted by atomic mass is 16.5. The van der Waals surface area contributed by atoms with Crippen molar-refractivity contribution in [1.82, 2.24) is 0 Å². The minimum atomic E-state index is -0.875. The van der Waals surface area contributed by atoms with Crippen LogP contribution in [0.2, 0.25) is 0 Å². The van der Waals surface area contributed by atoms with Crippen LogP contribution in [0.1, 0.15) is 49.9 Å². The standard InChI is InChI=1S/C30H28N2O5/c1-4-17-36-24-13-7-21(8-14-24)27-26(28(33)22-9-15-25(16-10-22)37-19(2)3)29(34)30(35)32(27)23-11-5-20(18-31)6-12-23/h5-16,19,27,33H,4,17H2,1-3H3/b28-26+. The smallest absolute Gasteiger partial charge is 0.300 e. The van der Waals surface area contributed by atoms with E-state index in [0.29, 0.717) is 40.5 Å². The molecule has 188 valence electrons. The van der Waals surface area contributed by atoms with Gasteiger partial charge in [0.25, 0.3) is 11.7 Å². The molecule has 0 saturated carbocycles. The number of amides is 1. The Balaban J connectivity index is 1.82. The van der Waals surface area contributed by atoms with E-state index in [1.54, 1.807) is 72.8 Å². The van der Waals surface area contributed by atoms with Crippen molar-refractivity contribution < 1.29 is 24.2 Å². The minimum Gasteiger partial charge on any atom is -0.507 e. The van der Waals surface area contributed by atoms with Crippen molar-refractivity contribution in [3.05, 3.63) is 95.1 Å². The number of rotatable bonds is 8. The summed E-state index contributed by atoms with van der Waals surface area (Å²) in [5.74, 6) is -0.532. The number of ketones is 1. The van der Waals surface area contributed by atoms with Crippen LogP contribution >= 0.6 is 0 Å². The van der Waals surface area contributed by atoms with Crippen molar-refractivity contribution in [2.24, 2.45) is 0 Å². The number of nitrogens with zero attached hydrogens (tertiary/aromatic N) is 2. The average Bonchev–Trinajstić information content (AvgIpc) is 3.17. The van der Waals surface area contributed by atoms with Gasteiger partial charge < -0.3 is 14.6 Å². The summed E-state index contributed by atoms with van der Waals surface area (Å²) in [7, 11) is 0. The van der Waals surface area contributed by atoms with E-state index >= 15 is 0 Å². The number of ether oxygens (including phenoxy) is 2. The fraction of sp³-hybridized carbons (Fsp3) is 0.233. The summed E-state index contributed by atoms with van der Waals surface area (Å²) in [5.41, 5.74) is 1.87. The number of benzene rings is 3. The summed E-state index contributed by atoms with van der Waals surface area (Å²) in [6.45, 7) is 6.41. The first-order valence-electron chi connectivity index (χ1n) is 12.1. The first-order valence-corrected chi connectivity index (χ1v) is 12.1. The second kappa shape index (κ2) is 11.0. The van der Waals surface area contributed by atoms with Gasteiger partial charge in [0, 0.05) is 11.3 Å². The van der Waals surface area contributed by atoms with E-state index in [0.717, 1.165) is 6.42 Å². The van der Waals surface area contributed by atoms with E-state index in [1.165, 1.54) is 4.90 Å². The molecule has 1 saturated heterocycles. The van der Waals surface area contributed by atoms with Crippen molar-refractivity contribution >= 4 is 23.1 Å². The van der Waals surface area contributed by atoms with Crippen molar-refractivity contribution in [3.63, 3.8) is 0 Å². The second-order valence-electron chi connectivity index (χ2n) is 8.94. The van der Waals surface area contributed by atoms with Crippen LogP contribution in [0.25, 0.3) is 5.76 Å². The molecule has 1 aliphatic heterocycles. The highest BCUT2D eigenvalue weighted by molar-refractivity contribution is 6.51. The fourth-order valence-electron chi connectivity index (χ4n) is 4.20. The summed E-state index contributed by atoms with van der Waals surface area (Å²) in [4.78, 5) is 28.0. The van der Waals surface area contributed by atoms with Gasteiger partial charge in [0.2, 0.25) is 0 Å². The third kappa shape index (κ3) is 5.34. The first-order chi connectivity index (χ1) is 17.8. The Bertz CT molecular complexity index is 1350. The van der Waals surface area contributed by atoms with Crippen LogP contribution in [0.5, 0.6) is 11.5 Å². The molecule has 7 nitrogen and oxygen atoms in total. The van der Waals surface area contributed by atoms with Crippen molar-refractivity contribution in [2.45, 2.75) is 39.3 Å². The number of Topliss-reactive ketones (excluding diaryl/α,β-unsaturated/α-hetero) is 1. The van der Waals surface area contributed by atoms with E-state index in [2.05, 4.69) is 6.07 Å². The largest absolute Gasteiger partial charge is 0.507 e. The molecule has 1 fully saturated rings. The average molecular weight is 497 g/mol. The van der Waals surface area contributed by atoms with E-state index in [4.69, 9.17) is 14.7 Å². The van der Waals surface area contributed by atoms with Gasteiger partial charge in [0.15, 0.2) is 0 Å². The Kier molecular flexibility index (Phi) is 7.59. The molecule has 0 aromatic heterocycles. The highest BCUT2D eigenvalue weighted by Gasteiger charge is 2.47. The molecule has 1 atom stereocenters. The van der Waals surface area contributed by atoms with Gasteiger partial charge >= 0.3 is 0 Å². The quantitative estimate of drug-likeness (QED) is 0.242. The van der Waals surface area contributed by atoms with Crippen LogP contribution < -0.4 is 14.4 Å². The third-order valence-electron chi connectivity index (χ3n) is 5.89. The lowest BCUT2D eigenvalue weighted by Crippen LogP contribution is -2.29. The molecule has 1 aliphatic rings. The fourth-order valence-corrected chi connectivity index (χ4v) is 4.20. The van der Waals surface area contributed by atoms with Gasteiger partial charge in [-0.3, -0.25) is 14.5 Å². The van der Waals surface area contributed by atoms with Crippen LogP contribution in [-0.4, -0.2) is 29.5 Å². The van der Waals surface area contributed by atoms with Gasteiger partial charge in [-0.25, -0.2) is 0 Å². The van der Waals surface area contributed by atoms with Gasteiger partial charge in [0.05, 0.1) is 36.0 Å². The lowest BCUT2D eigenvalue weighted by molar-refractivity contribution is -0.132. The van der Waals surface area contributed by atoms with Gasteiger partial charge in [0.1, 0.15) is 17.3 Å². The van der Waals surface area contributed by atoms with E-state index < -0.39 is 17.7 Å². The number of hydrogen-bond donors (Lipinski definition) is 1. The monoisotopic (exact) mass is 496 g/mol. The van der Waals surface area contributed by atoms with Crippen molar-refractivity contribution in [1.29, 1.82) is 5.26 Å². The zero-order valence-electron chi connectivity index (χ0n) is 21.0. The zero-order valence-corrected chi connectivity index (χ0v) is 21.0. The predicted octanol–water partition coefficient (Wildman–Crippen LogP) is 5.76. The van der Waals surface area contributed by atoms with Gasteiger partial charge in [-0.1, -0.05) is 19.1 Å². The molecule has 1 heterocycles. The molecule has 0 radical (unpaired) electrons. The molecule has 0 aliphatic carbocycles. The molecule has 1 amide bonds. The Hall–Kier alpha value is -4.57. The lowest BCUT2D eigenvalue weighted by Gasteiger charge is -2.25. The number of carbonyl (C=O) groups excluding carboxylic acids is 2. The SMILES string of the molecule is CCCOc1ccc(C2/C(=C(\O)c3ccc(OC(C)C)cc3)C(=O)C(=O)N2c2ccc(C#N)cc2)cc1. The number of nitriles is 1. The molecule has 37 heavy (non-hydrogen) atoms. The Labute approximate surface area is 216 Å². The molecule has 7 heteroatoms. The number of anilines is 1. The Morgan fingerprint density at radius 3 is 2.16 bits per heavy atom. The predicted molar refractivity (Wildman–Crippen MR) is 140 cm³/mol. The second-order valence-corrected chi connectivity index (χ2v) is 8.94. The van der Waals surface area contributed by atoms with Gasteiger partial charge in [-0.05, 0) is 86.5 Å². The summed E-state index contributed by atoms with van der Waals surface area (Å²) in [6, 6.07) is 21.4. The normalized spacial score (nSPS) is 16.6. The van der Waals surface area contributed by atoms with Crippen LogP contribution in [-0.2, 0) is 9.59 Å². The number of aliphatic hydroxyl groups excluding tert-OH is 1. The summed E-state index contributed by atoms with van der Waals surface area (Å²) in [6.07, 6.45) is 0.850. The Morgan fingerprint density at radius 1 is 0.973 bits per heavy atom. The number of carbonyl (C=O) groups is 2. The highest BCUT2D eigenvalue weighted by Crippen LogP contribution is 2.42. The van der Waals surface area contributed by atoms with Crippen LogP contribution in [0.3, 0.4) is 0 Å². The van der Waals surface area contributed by atoms with Crippen molar-refractivity contribution in [2.75, 3.05) is 11.5 Å². The molecular formula is C30H28N2O5. The molecule has 1 unspecified atom stereocenters. The summed E-state index contributed by atoms with van der Waals surface area (Å²) >= 11 is 0. The molecular weight excluding hydrogens is 468 g/mol. The maximum absolute atomic E-state index is 13.3. The lowest BCUT2D eigenvalue weighted by atomic mass is 9.95. The Morgan fingerprint density at radius 2 is 1.59 bits per heavy atom. The van der Waals surface area contributed by atoms with Crippen LogP contribution in [0.15, 0.2) is 78.4 Å². The molecule has 3 aromatic carbocycles. The molecule has 1 N–H and O–H groups in total. The zero-order chi connectivity index (χ0) is 26.5. The van der Waals surface area contributed by atoms with E-state index in [1.807, 2.05) is 20.8 Å². The summed E-state index contributed by atoms with van der Waals surface area (Å²) < 4.78 is 11.4. The maximum Gasteiger partial charge on any atom is 0.300 e.